The van der Waals surface area contributed by atoms with Crippen LogP contribution in [0, 0.1) is 0 Å². The predicted molar refractivity (Wildman–Crippen MR) is 105 cm³/mol. The Bertz CT molecular complexity index is 1050. The molecule has 0 unspecified atom stereocenters. The number of thiophene rings is 1. The lowest BCUT2D eigenvalue weighted by atomic mass is 10.1. The lowest BCUT2D eigenvalue weighted by Gasteiger charge is -2.26. The molecule has 30 heavy (non-hydrogen) atoms. The van der Waals surface area contributed by atoms with Crippen molar-refractivity contribution in [1.29, 1.82) is 0 Å². The van der Waals surface area contributed by atoms with Crippen molar-refractivity contribution in [3.8, 4) is 16.5 Å². The minimum atomic E-state index is -4.68. The number of carbonyl (C=O) groups excluding carboxylic acids is 1. The van der Waals surface area contributed by atoms with Gasteiger partial charge >= 0.3 is 12.1 Å². The van der Waals surface area contributed by atoms with Crippen molar-refractivity contribution in [3.63, 3.8) is 0 Å². The van der Waals surface area contributed by atoms with Gasteiger partial charge in [-0.15, -0.1) is 23.1 Å². The van der Waals surface area contributed by atoms with E-state index >= 15 is 0 Å². The Labute approximate surface area is 178 Å². The van der Waals surface area contributed by atoms with Gasteiger partial charge < -0.3 is 14.2 Å². The zero-order valence-electron chi connectivity index (χ0n) is 15.7. The largest absolute Gasteiger partial charge is 0.484 e. The summed E-state index contributed by atoms with van der Waals surface area (Å²) in [5.74, 6) is -1.00. The second-order valence-corrected chi connectivity index (χ2v) is 8.53. The Morgan fingerprint density at radius 2 is 2.10 bits per heavy atom. The third kappa shape index (κ3) is 4.46. The standard InChI is InChI=1S/C19H16F3N3O3S2/c1-29-13-4-2-12(3-5-13)27-10-16(26)25-7-6-14-11(9-25)8-15(30-14)17-23-18(28-24-17)19(20,21)22/h2-5,8H,6-7,9-10H2,1H3. The highest BCUT2D eigenvalue weighted by Crippen LogP contribution is 2.35. The fourth-order valence-electron chi connectivity index (χ4n) is 3.00. The maximum atomic E-state index is 12.7. The van der Waals surface area contributed by atoms with E-state index in [4.69, 9.17) is 4.74 Å². The molecular formula is C19H16F3N3O3S2. The van der Waals surface area contributed by atoms with Gasteiger partial charge in [0.25, 0.3) is 5.91 Å². The van der Waals surface area contributed by atoms with Crippen LogP contribution in [0.15, 0.2) is 39.8 Å². The third-order valence-electron chi connectivity index (χ3n) is 4.53. The molecule has 0 aliphatic carbocycles. The number of amides is 1. The first-order chi connectivity index (χ1) is 14.3. The van der Waals surface area contributed by atoms with Crippen molar-refractivity contribution in [1.82, 2.24) is 15.0 Å². The van der Waals surface area contributed by atoms with Crippen LogP contribution in [0.25, 0.3) is 10.7 Å². The van der Waals surface area contributed by atoms with E-state index in [-0.39, 0.29) is 18.3 Å². The molecule has 1 aliphatic rings. The number of nitrogens with zero attached hydrogens (tertiary/aromatic N) is 3. The molecule has 0 N–H and O–H groups in total. The van der Waals surface area contributed by atoms with E-state index in [0.717, 1.165) is 15.3 Å². The van der Waals surface area contributed by atoms with E-state index in [9.17, 15) is 18.0 Å². The molecule has 3 heterocycles. The first-order valence-electron chi connectivity index (χ1n) is 8.91. The third-order valence-corrected chi connectivity index (χ3v) is 6.51. The van der Waals surface area contributed by atoms with Crippen LogP contribution in [0.1, 0.15) is 16.3 Å². The minimum Gasteiger partial charge on any atom is -0.484 e. The molecule has 1 aliphatic heterocycles. The van der Waals surface area contributed by atoms with Crippen LogP contribution in [0.4, 0.5) is 13.2 Å². The van der Waals surface area contributed by atoms with Gasteiger partial charge in [-0.2, -0.15) is 18.2 Å². The quantitative estimate of drug-likeness (QED) is 0.528. The number of hydrogen-bond acceptors (Lipinski definition) is 7. The molecule has 1 amide bonds. The molecule has 0 bridgehead atoms. The number of thioether (sulfide) groups is 1. The van der Waals surface area contributed by atoms with Crippen LogP contribution in [0.2, 0.25) is 0 Å². The summed E-state index contributed by atoms with van der Waals surface area (Å²) in [4.78, 5) is 20.2. The van der Waals surface area contributed by atoms with Crippen molar-refractivity contribution < 1.29 is 27.2 Å². The van der Waals surface area contributed by atoms with Gasteiger partial charge in [0.15, 0.2) is 6.61 Å². The molecule has 2 aromatic heterocycles. The summed E-state index contributed by atoms with van der Waals surface area (Å²) in [6.07, 6.45) is -2.09. The first kappa shape index (κ1) is 20.7. The second kappa shape index (κ2) is 8.31. The fourth-order valence-corrected chi connectivity index (χ4v) is 4.50. The molecule has 3 aromatic rings. The van der Waals surface area contributed by atoms with E-state index in [1.807, 2.05) is 30.5 Å². The monoisotopic (exact) mass is 455 g/mol. The summed E-state index contributed by atoms with van der Waals surface area (Å²) in [5.41, 5.74) is 0.872. The van der Waals surface area contributed by atoms with E-state index in [2.05, 4.69) is 14.7 Å². The van der Waals surface area contributed by atoms with Crippen molar-refractivity contribution in [2.45, 2.75) is 24.0 Å². The number of hydrogen-bond donors (Lipinski definition) is 0. The summed E-state index contributed by atoms with van der Waals surface area (Å²) in [6, 6.07) is 9.20. The van der Waals surface area contributed by atoms with Crippen LogP contribution in [-0.4, -0.2) is 40.4 Å². The summed E-state index contributed by atoms with van der Waals surface area (Å²) in [5, 5.41) is 3.43. The van der Waals surface area contributed by atoms with E-state index in [1.54, 1.807) is 22.7 Å². The Kier molecular flexibility index (Phi) is 5.74. The van der Waals surface area contributed by atoms with Crippen LogP contribution in [0.3, 0.4) is 0 Å². The number of aromatic nitrogens is 2. The summed E-state index contributed by atoms with van der Waals surface area (Å²) in [6.45, 7) is 0.800. The molecule has 1 aromatic carbocycles. The number of carbonyl (C=O) groups is 1. The molecule has 0 saturated carbocycles. The topological polar surface area (TPSA) is 68.5 Å². The summed E-state index contributed by atoms with van der Waals surface area (Å²) in [7, 11) is 0. The number of ether oxygens (including phenoxy) is 1. The average Bonchev–Trinajstić information content (AvgIpc) is 3.38. The molecule has 0 saturated heterocycles. The fraction of sp³-hybridized carbons (Fsp3) is 0.316. The van der Waals surface area contributed by atoms with Crippen LogP contribution < -0.4 is 4.74 Å². The van der Waals surface area contributed by atoms with Crippen LogP contribution >= 0.6 is 23.1 Å². The maximum Gasteiger partial charge on any atom is 0.471 e. The maximum absolute atomic E-state index is 12.7. The molecule has 11 heteroatoms. The zero-order chi connectivity index (χ0) is 21.3. The average molecular weight is 455 g/mol. The van der Waals surface area contributed by atoms with Crippen LogP contribution in [-0.2, 0) is 23.9 Å². The molecular weight excluding hydrogens is 439 g/mol. The molecule has 6 nitrogen and oxygen atoms in total. The lowest BCUT2D eigenvalue weighted by molar-refractivity contribution is -0.159. The number of halogens is 3. The predicted octanol–water partition coefficient (Wildman–Crippen LogP) is 4.50. The molecule has 158 valence electrons. The van der Waals surface area contributed by atoms with Gasteiger partial charge in [-0.25, -0.2) is 0 Å². The van der Waals surface area contributed by atoms with Crippen molar-refractivity contribution in [3.05, 3.63) is 46.7 Å². The van der Waals surface area contributed by atoms with Gasteiger partial charge in [0.05, 0.1) is 4.88 Å². The number of fused-ring (bicyclic) bond motifs is 1. The van der Waals surface area contributed by atoms with Gasteiger partial charge in [0, 0.05) is 22.9 Å². The van der Waals surface area contributed by atoms with Gasteiger partial charge in [-0.1, -0.05) is 5.16 Å². The summed E-state index contributed by atoms with van der Waals surface area (Å²) >= 11 is 2.94. The Hall–Kier alpha value is -2.53. The highest BCUT2D eigenvalue weighted by Gasteiger charge is 2.38. The highest BCUT2D eigenvalue weighted by molar-refractivity contribution is 7.98. The molecule has 4 rings (SSSR count). The van der Waals surface area contributed by atoms with E-state index < -0.39 is 12.1 Å². The van der Waals surface area contributed by atoms with Gasteiger partial charge in [-0.05, 0) is 48.6 Å². The Balaban J connectivity index is 1.39. The summed E-state index contributed by atoms with van der Waals surface area (Å²) < 4.78 is 47.9. The number of rotatable bonds is 5. The first-order valence-corrected chi connectivity index (χ1v) is 10.9. The minimum absolute atomic E-state index is 0.0786. The Morgan fingerprint density at radius 1 is 1.33 bits per heavy atom. The zero-order valence-corrected chi connectivity index (χ0v) is 17.4. The van der Waals surface area contributed by atoms with Crippen molar-refractivity contribution >= 4 is 29.0 Å². The van der Waals surface area contributed by atoms with E-state index in [1.165, 1.54) is 11.3 Å². The molecule has 0 radical (unpaired) electrons. The molecule has 0 atom stereocenters. The smallest absolute Gasteiger partial charge is 0.471 e. The molecule has 0 fully saturated rings. The lowest BCUT2D eigenvalue weighted by Crippen LogP contribution is -2.38. The second-order valence-electron chi connectivity index (χ2n) is 6.51. The van der Waals surface area contributed by atoms with Crippen molar-refractivity contribution in [2.75, 3.05) is 19.4 Å². The van der Waals surface area contributed by atoms with E-state index in [0.29, 0.717) is 30.1 Å². The normalized spacial score (nSPS) is 13.9. The SMILES string of the molecule is CSc1ccc(OCC(=O)N2CCc3sc(-c4noc(C(F)(F)F)n4)cc3C2)cc1. The Morgan fingerprint density at radius 3 is 2.77 bits per heavy atom. The van der Waals surface area contributed by atoms with Gasteiger partial charge in [0.2, 0.25) is 5.82 Å². The molecule has 0 spiro atoms. The number of alkyl halides is 3. The van der Waals surface area contributed by atoms with Crippen LogP contribution in [0.5, 0.6) is 5.75 Å². The van der Waals surface area contributed by atoms with Crippen molar-refractivity contribution in [2.24, 2.45) is 0 Å². The number of benzene rings is 1. The van der Waals surface area contributed by atoms with Gasteiger partial charge in [-0.3, -0.25) is 4.79 Å². The highest BCUT2D eigenvalue weighted by atomic mass is 32.2. The van der Waals surface area contributed by atoms with Gasteiger partial charge in [0.1, 0.15) is 5.75 Å².